The lowest BCUT2D eigenvalue weighted by Gasteiger charge is -1.96. The van der Waals surface area contributed by atoms with Crippen molar-refractivity contribution in [1.82, 2.24) is 10.2 Å². The number of halogens is 1. The van der Waals surface area contributed by atoms with Gasteiger partial charge in [0.2, 0.25) is 0 Å². The molecule has 0 amide bonds. The van der Waals surface area contributed by atoms with E-state index in [1.54, 1.807) is 11.3 Å². The first-order valence-corrected chi connectivity index (χ1v) is 6.59. The number of aromatic nitrogens is 2. The molecule has 0 unspecified atom stereocenters. The quantitative estimate of drug-likeness (QED) is 0.528. The van der Waals surface area contributed by atoms with Crippen LogP contribution in [0.1, 0.15) is 49.0 Å². The van der Waals surface area contributed by atoms with E-state index in [4.69, 9.17) is 11.6 Å². The summed E-state index contributed by atoms with van der Waals surface area (Å²) < 4.78 is 0. The molecule has 1 aromatic rings. The number of alkyl halides is 1. The molecule has 0 spiro atoms. The Morgan fingerprint density at radius 1 is 1.07 bits per heavy atom. The summed E-state index contributed by atoms with van der Waals surface area (Å²) >= 11 is 7.29. The summed E-state index contributed by atoms with van der Waals surface area (Å²) in [4.78, 5) is 0. The van der Waals surface area contributed by atoms with Crippen LogP contribution in [0, 0.1) is 0 Å². The predicted molar refractivity (Wildman–Crippen MR) is 61.9 cm³/mol. The molecule has 0 N–H and O–H groups in total. The summed E-state index contributed by atoms with van der Waals surface area (Å²) in [5, 5.41) is 10.2. The second kappa shape index (κ2) is 7.18. The van der Waals surface area contributed by atoms with Gasteiger partial charge in [-0.05, 0) is 6.42 Å². The lowest BCUT2D eigenvalue weighted by molar-refractivity contribution is 0.629. The number of rotatable bonds is 7. The van der Waals surface area contributed by atoms with Crippen molar-refractivity contribution in [3.63, 3.8) is 0 Å². The van der Waals surface area contributed by atoms with Crippen LogP contribution in [0.3, 0.4) is 0 Å². The fourth-order valence-electron chi connectivity index (χ4n) is 1.32. The monoisotopic (exact) mass is 232 g/mol. The van der Waals surface area contributed by atoms with Gasteiger partial charge in [-0.25, -0.2) is 0 Å². The van der Waals surface area contributed by atoms with E-state index in [0.717, 1.165) is 16.4 Å². The van der Waals surface area contributed by atoms with Gasteiger partial charge in [0.05, 0.1) is 5.88 Å². The summed E-state index contributed by atoms with van der Waals surface area (Å²) in [5.74, 6) is 0.494. The molecule has 1 heterocycles. The molecule has 80 valence electrons. The second-order valence-electron chi connectivity index (χ2n) is 3.39. The van der Waals surface area contributed by atoms with Crippen LogP contribution in [0.2, 0.25) is 0 Å². The Morgan fingerprint density at radius 2 is 1.79 bits per heavy atom. The van der Waals surface area contributed by atoms with E-state index < -0.39 is 0 Å². The zero-order chi connectivity index (χ0) is 10.2. The maximum absolute atomic E-state index is 5.65. The molecule has 0 saturated heterocycles. The van der Waals surface area contributed by atoms with Crippen LogP contribution in [0.25, 0.3) is 0 Å². The Bertz CT molecular complexity index is 250. The number of aryl methyl sites for hydroxylation is 1. The molecule has 2 nitrogen and oxygen atoms in total. The van der Waals surface area contributed by atoms with E-state index >= 15 is 0 Å². The van der Waals surface area contributed by atoms with Crippen molar-refractivity contribution in [2.45, 2.75) is 51.3 Å². The number of hydrogen-bond acceptors (Lipinski definition) is 3. The number of hydrogen-bond donors (Lipinski definition) is 0. The standard InChI is InChI=1S/C10H17ClN2S/c1-2-3-4-5-6-7-9-12-13-10(8-11)14-9/h2-8H2,1H3. The molecular weight excluding hydrogens is 216 g/mol. The number of unbranched alkanes of at least 4 members (excludes halogenated alkanes) is 4. The Hall–Kier alpha value is -0.150. The summed E-state index contributed by atoms with van der Waals surface area (Å²) in [6.45, 7) is 2.23. The molecule has 1 rings (SSSR count). The minimum absolute atomic E-state index is 0.494. The van der Waals surface area contributed by atoms with Crippen molar-refractivity contribution in [3.8, 4) is 0 Å². The van der Waals surface area contributed by atoms with Crippen molar-refractivity contribution < 1.29 is 0 Å². The van der Waals surface area contributed by atoms with Crippen LogP contribution in [0.15, 0.2) is 0 Å². The molecule has 0 fully saturated rings. The van der Waals surface area contributed by atoms with Gasteiger partial charge in [0, 0.05) is 6.42 Å². The van der Waals surface area contributed by atoms with Gasteiger partial charge in [-0.1, -0.05) is 32.6 Å². The molecule has 4 heteroatoms. The second-order valence-corrected chi connectivity index (χ2v) is 4.80. The summed E-state index contributed by atoms with van der Waals surface area (Å²) in [6, 6.07) is 0. The highest BCUT2D eigenvalue weighted by molar-refractivity contribution is 7.11. The lowest BCUT2D eigenvalue weighted by Crippen LogP contribution is -1.85. The molecule has 0 bridgehead atoms. The van der Waals surface area contributed by atoms with Crippen LogP contribution in [-0.4, -0.2) is 10.2 Å². The van der Waals surface area contributed by atoms with Crippen molar-refractivity contribution in [2.75, 3.05) is 0 Å². The van der Waals surface area contributed by atoms with Gasteiger partial charge >= 0.3 is 0 Å². The Labute approximate surface area is 94.7 Å². The third kappa shape index (κ3) is 4.38. The minimum Gasteiger partial charge on any atom is -0.144 e. The highest BCUT2D eigenvalue weighted by Crippen LogP contribution is 2.15. The van der Waals surface area contributed by atoms with Crippen molar-refractivity contribution in [1.29, 1.82) is 0 Å². The Morgan fingerprint density at radius 3 is 2.43 bits per heavy atom. The molecule has 0 aliphatic heterocycles. The molecule has 0 saturated carbocycles. The predicted octanol–water partition coefficient (Wildman–Crippen LogP) is 3.79. The summed E-state index contributed by atoms with van der Waals surface area (Å²) in [5.41, 5.74) is 0. The van der Waals surface area contributed by atoms with Crippen LogP contribution < -0.4 is 0 Å². The number of nitrogens with zero attached hydrogens (tertiary/aromatic N) is 2. The zero-order valence-corrected chi connectivity index (χ0v) is 10.2. The SMILES string of the molecule is CCCCCCCc1nnc(CCl)s1. The maximum atomic E-state index is 5.65. The van der Waals surface area contributed by atoms with E-state index in [1.165, 1.54) is 32.1 Å². The van der Waals surface area contributed by atoms with E-state index in [-0.39, 0.29) is 0 Å². The van der Waals surface area contributed by atoms with Crippen LogP contribution in [0.4, 0.5) is 0 Å². The van der Waals surface area contributed by atoms with Gasteiger partial charge in [0.25, 0.3) is 0 Å². The fraction of sp³-hybridized carbons (Fsp3) is 0.800. The average Bonchev–Trinajstić information content (AvgIpc) is 2.65. The normalized spacial score (nSPS) is 10.7. The molecule has 0 aromatic carbocycles. The van der Waals surface area contributed by atoms with Crippen molar-refractivity contribution in [2.24, 2.45) is 0 Å². The third-order valence-corrected chi connectivity index (χ3v) is 3.51. The van der Waals surface area contributed by atoms with Crippen LogP contribution >= 0.6 is 22.9 Å². The first-order chi connectivity index (χ1) is 6.86. The van der Waals surface area contributed by atoms with E-state index in [2.05, 4.69) is 17.1 Å². The smallest absolute Gasteiger partial charge is 0.132 e. The lowest BCUT2D eigenvalue weighted by atomic mass is 10.1. The van der Waals surface area contributed by atoms with E-state index in [1.807, 2.05) is 0 Å². The average molecular weight is 233 g/mol. The molecular formula is C10H17ClN2S. The van der Waals surface area contributed by atoms with E-state index in [9.17, 15) is 0 Å². The van der Waals surface area contributed by atoms with Gasteiger partial charge in [-0.15, -0.1) is 33.1 Å². The van der Waals surface area contributed by atoms with Crippen molar-refractivity contribution >= 4 is 22.9 Å². The van der Waals surface area contributed by atoms with E-state index in [0.29, 0.717) is 5.88 Å². The van der Waals surface area contributed by atoms with Crippen LogP contribution in [0.5, 0.6) is 0 Å². The molecule has 1 aromatic heterocycles. The minimum atomic E-state index is 0.494. The van der Waals surface area contributed by atoms with Gasteiger partial charge in [0.1, 0.15) is 10.0 Å². The highest BCUT2D eigenvalue weighted by atomic mass is 35.5. The first-order valence-electron chi connectivity index (χ1n) is 5.24. The first kappa shape index (κ1) is 11.9. The van der Waals surface area contributed by atoms with Gasteiger partial charge in [-0.3, -0.25) is 0 Å². The Balaban J connectivity index is 2.12. The largest absolute Gasteiger partial charge is 0.144 e. The fourth-order valence-corrected chi connectivity index (χ4v) is 2.28. The van der Waals surface area contributed by atoms with Crippen molar-refractivity contribution in [3.05, 3.63) is 10.0 Å². The molecule has 14 heavy (non-hydrogen) atoms. The molecule has 0 radical (unpaired) electrons. The topological polar surface area (TPSA) is 25.8 Å². The maximum Gasteiger partial charge on any atom is 0.132 e. The zero-order valence-electron chi connectivity index (χ0n) is 8.63. The molecule has 0 aliphatic rings. The summed E-state index contributed by atoms with van der Waals surface area (Å²) in [7, 11) is 0. The molecule has 0 atom stereocenters. The Kier molecular flexibility index (Phi) is 6.12. The van der Waals surface area contributed by atoms with Gasteiger partial charge < -0.3 is 0 Å². The molecule has 0 aliphatic carbocycles. The third-order valence-electron chi connectivity index (χ3n) is 2.12. The summed E-state index contributed by atoms with van der Waals surface area (Å²) in [6.07, 6.45) is 7.61. The van der Waals surface area contributed by atoms with Crippen LogP contribution in [-0.2, 0) is 12.3 Å². The van der Waals surface area contributed by atoms with Gasteiger partial charge in [-0.2, -0.15) is 0 Å². The highest BCUT2D eigenvalue weighted by Gasteiger charge is 2.02. The van der Waals surface area contributed by atoms with Gasteiger partial charge in [0.15, 0.2) is 0 Å².